The molecule has 0 saturated carbocycles. The van der Waals surface area contributed by atoms with Gasteiger partial charge in [0.25, 0.3) is 0 Å². The summed E-state index contributed by atoms with van der Waals surface area (Å²) < 4.78 is 13.2. The highest BCUT2D eigenvalue weighted by atomic mass is 35.5. The molecule has 2 rings (SSSR count). The molecule has 4 heteroatoms. The van der Waals surface area contributed by atoms with E-state index >= 15 is 0 Å². The molecule has 2 aromatic rings. The largest absolute Gasteiger partial charge is 0.315 e. The Hall–Kier alpha value is -1.42. The van der Waals surface area contributed by atoms with Gasteiger partial charge in [-0.3, -0.25) is 0 Å². The summed E-state index contributed by atoms with van der Waals surface area (Å²) in [5.74, 6) is 0.0347. The van der Waals surface area contributed by atoms with Gasteiger partial charge in [-0.1, -0.05) is 35.9 Å². The van der Waals surface area contributed by atoms with Gasteiger partial charge in [0.05, 0.1) is 0 Å². The van der Waals surface area contributed by atoms with Crippen molar-refractivity contribution < 1.29 is 4.39 Å². The lowest BCUT2D eigenvalue weighted by Crippen LogP contribution is -2.28. The summed E-state index contributed by atoms with van der Waals surface area (Å²) in [6.45, 7) is 2.89. The smallest absolute Gasteiger partial charge is 0.123 e. The number of likely N-dealkylation sites (N-methyl/N-ethyl adjacent to an activating group) is 1. The van der Waals surface area contributed by atoms with Crippen LogP contribution < -0.4 is 5.32 Å². The van der Waals surface area contributed by atoms with Crippen molar-refractivity contribution >= 4 is 11.6 Å². The Morgan fingerprint density at radius 1 is 0.957 bits per heavy atom. The van der Waals surface area contributed by atoms with Crippen molar-refractivity contribution in [1.29, 1.82) is 0 Å². The first-order valence-electron chi connectivity index (χ1n) is 7.92. The van der Waals surface area contributed by atoms with Crippen LogP contribution in [0.15, 0.2) is 48.5 Å². The van der Waals surface area contributed by atoms with Gasteiger partial charge in [-0.15, -0.1) is 0 Å². The summed E-state index contributed by atoms with van der Waals surface area (Å²) in [7, 11) is 4.13. The maximum Gasteiger partial charge on any atom is 0.123 e. The molecule has 0 unspecified atom stereocenters. The van der Waals surface area contributed by atoms with Crippen LogP contribution in [0.4, 0.5) is 4.39 Å². The number of nitrogens with zero attached hydrogens (tertiary/aromatic N) is 1. The fourth-order valence-electron chi connectivity index (χ4n) is 2.59. The van der Waals surface area contributed by atoms with E-state index in [1.807, 2.05) is 24.3 Å². The molecule has 0 aromatic heterocycles. The standard InChI is InChI=1S/C19H24ClFN2/c1-23(2)14-13-22-12-11-19(15-3-7-17(20)8-4-15)16-5-9-18(21)10-6-16/h3-10,19,22H,11-14H2,1-2H3/t19-/m1/s1. The van der Waals surface area contributed by atoms with Crippen LogP contribution in [0.5, 0.6) is 0 Å². The Balaban J connectivity index is 2.05. The number of hydrogen-bond donors (Lipinski definition) is 1. The first-order chi connectivity index (χ1) is 11.1. The molecule has 1 N–H and O–H groups in total. The van der Waals surface area contributed by atoms with E-state index in [2.05, 4.69) is 36.4 Å². The Labute approximate surface area is 143 Å². The Bertz CT molecular complexity index is 536. The molecule has 0 heterocycles. The first kappa shape index (κ1) is 17.9. The second-order valence-corrected chi connectivity index (χ2v) is 6.43. The molecule has 0 radical (unpaired) electrons. The fourth-order valence-corrected chi connectivity index (χ4v) is 2.72. The van der Waals surface area contributed by atoms with Gasteiger partial charge in [0.1, 0.15) is 5.82 Å². The average Bonchev–Trinajstić information content (AvgIpc) is 2.53. The molecule has 0 saturated heterocycles. The fraction of sp³-hybridized carbons (Fsp3) is 0.368. The van der Waals surface area contributed by atoms with Crippen LogP contribution in [0.1, 0.15) is 23.5 Å². The van der Waals surface area contributed by atoms with Crippen molar-refractivity contribution in [2.75, 3.05) is 33.7 Å². The zero-order valence-corrected chi connectivity index (χ0v) is 14.5. The van der Waals surface area contributed by atoms with Crippen LogP contribution in [0.2, 0.25) is 5.02 Å². The van der Waals surface area contributed by atoms with Crippen LogP contribution in [0, 0.1) is 5.82 Å². The van der Waals surface area contributed by atoms with Gasteiger partial charge in [-0.05, 0) is 62.5 Å². The number of hydrogen-bond acceptors (Lipinski definition) is 2. The van der Waals surface area contributed by atoms with E-state index in [1.165, 1.54) is 17.7 Å². The topological polar surface area (TPSA) is 15.3 Å². The van der Waals surface area contributed by atoms with Gasteiger partial charge in [-0.25, -0.2) is 4.39 Å². The number of nitrogens with one attached hydrogen (secondary N) is 1. The van der Waals surface area contributed by atoms with Crippen LogP contribution >= 0.6 is 11.6 Å². The zero-order valence-electron chi connectivity index (χ0n) is 13.7. The van der Waals surface area contributed by atoms with E-state index < -0.39 is 0 Å². The second-order valence-electron chi connectivity index (χ2n) is 6.00. The third-order valence-corrected chi connectivity index (χ3v) is 4.14. The monoisotopic (exact) mass is 334 g/mol. The molecule has 0 aliphatic carbocycles. The Morgan fingerprint density at radius 2 is 1.52 bits per heavy atom. The van der Waals surface area contributed by atoms with Crippen LogP contribution in [0.25, 0.3) is 0 Å². The Morgan fingerprint density at radius 3 is 2.09 bits per heavy atom. The van der Waals surface area contributed by atoms with E-state index in [0.29, 0.717) is 0 Å². The van der Waals surface area contributed by atoms with Crippen molar-refractivity contribution in [1.82, 2.24) is 10.2 Å². The van der Waals surface area contributed by atoms with Gasteiger partial charge < -0.3 is 10.2 Å². The van der Waals surface area contributed by atoms with E-state index in [9.17, 15) is 4.39 Å². The molecule has 0 aliphatic rings. The lowest BCUT2D eigenvalue weighted by atomic mass is 9.88. The highest BCUT2D eigenvalue weighted by Gasteiger charge is 2.14. The van der Waals surface area contributed by atoms with Gasteiger partial charge in [0.15, 0.2) is 0 Å². The summed E-state index contributed by atoms with van der Waals surface area (Å²) in [5.41, 5.74) is 2.33. The molecule has 2 aromatic carbocycles. The van der Waals surface area contributed by atoms with Crippen LogP contribution in [-0.2, 0) is 0 Å². The van der Waals surface area contributed by atoms with E-state index in [1.54, 1.807) is 0 Å². The van der Waals surface area contributed by atoms with Gasteiger partial charge in [0, 0.05) is 24.0 Å². The lowest BCUT2D eigenvalue weighted by molar-refractivity contribution is 0.398. The molecule has 23 heavy (non-hydrogen) atoms. The van der Waals surface area contributed by atoms with Crippen molar-refractivity contribution in [2.45, 2.75) is 12.3 Å². The molecule has 1 atom stereocenters. The minimum atomic E-state index is -0.201. The van der Waals surface area contributed by atoms with Crippen molar-refractivity contribution in [2.24, 2.45) is 0 Å². The number of benzene rings is 2. The lowest BCUT2D eigenvalue weighted by Gasteiger charge is -2.19. The van der Waals surface area contributed by atoms with Crippen molar-refractivity contribution in [3.8, 4) is 0 Å². The minimum absolute atomic E-state index is 0.201. The molecule has 0 amide bonds. The van der Waals surface area contributed by atoms with Gasteiger partial charge in [-0.2, -0.15) is 0 Å². The number of rotatable bonds is 8. The summed E-state index contributed by atoms with van der Waals surface area (Å²) in [6.07, 6.45) is 0.959. The van der Waals surface area contributed by atoms with Crippen LogP contribution in [-0.4, -0.2) is 38.6 Å². The maximum absolute atomic E-state index is 13.2. The molecule has 2 nitrogen and oxygen atoms in total. The van der Waals surface area contributed by atoms with Crippen molar-refractivity contribution in [3.05, 3.63) is 70.5 Å². The predicted octanol–water partition coefficient (Wildman–Crippen LogP) is 4.15. The zero-order chi connectivity index (χ0) is 16.7. The van der Waals surface area contributed by atoms with Gasteiger partial charge >= 0.3 is 0 Å². The predicted molar refractivity (Wildman–Crippen MR) is 95.7 cm³/mol. The third kappa shape index (κ3) is 5.94. The highest BCUT2D eigenvalue weighted by molar-refractivity contribution is 6.30. The molecule has 0 bridgehead atoms. The minimum Gasteiger partial charge on any atom is -0.315 e. The summed E-state index contributed by atoms with van der Waals surface area (Å²) in [5, 5.41) is 4.20. The van der Waals surface area contributed by atoms with E-state index in [4.69, 9.17) is 11.6 Å². The summed E-state index contributed by atoms with van der Waals surface area (Å²) >= 11 is 5.99. The van der Waals surface area contributed by atoms with E-state index in [0.717, 1.165) is 36.6 Å². The van der Waals surface area contributed by atoms with E-state index in [-0.39, 0.29) is 11.7 Å². The SMILES string of the molecule is CN(C)CCNCC[C@@H](c1ccc(F)cc1)c1ccc(Cl)cc1. The first-order valence-corrected chi connectivity index (χ1v) is 8.30. The normalized spacial score (nSPS) is 12.6. The summed E-state index contributed by atoms with van der Waals surface area (Å²) in [6, 6.07) is 14.7. The third-order valence-electron chi connectivity index (χ3n) is 3.89. The highest BCUT2D eigenvalue weighted by Crippen LogP contribution is 2.28. The molecule has 0 spiro atoms. The quantitative estimate of drug-likeness (QED) is 0.729. The maximum atomic E-state index is 13.2. The molecular formula is C19H24ClFN2. The van der Waals surface area contributed by atoms with Crippen molar-refractivity contribution in [3.63, 3.8) is 0 Å². The van der Waals surface area contributed by atoms with Gasteiger partial charge in [0.2, 0.25) is 0 Å². The average molecular weight is 335 g/mol. The second kappa shape index (κ2) is 9.02. The molecule has 0 fully saturated rings. The van der Waals surface area contributed by atoms with Crippen LogP contribution in [0.3, 0.4) is 0 Å². The summed E-state index contributed by atoms with van der Waals surface area (Å²) in [4.78, 5) is 2.16. The number of halogens is 2. The molecule has 0 aliphatic heterocycles. The molecule has 124 valence electrons. The Kier molecular flexibility index (Phi) is 7.03. The molecular weight excluding hydrogens is 311 g/mol.